The van der Waals surface area contributed by atoms with Crippen molar-refractivity contribution in [3.63, 3.8) is 0 Å². The lowest BCUT2D eigenvalue weighted by atomic mass is 10.1. The van der Waals surface area contributed by atoms with Crippen molar-refractivity contribution in [3.8, 4) is 0 Å². The third kappa shape index (κ3) is 3.53. The molecule has 2 aromatic carbocycles. The molecule has 0 saturated heterocycles. The fourth-order valence-electron chi connectivity index (χ4n) is 2.79. The molecule has 130 valence electrons. The van der Waals surface area contributed by atoms with E-state index in [9.17, 15) is 4.79 Å². The lowest BCUT2D eigenvalue weighted by Gasteiger charge is -2.00. The van der Waals surface area contributed by atoms with Crippen LogP contribution in [0.15, 0.2) is 65.2 Å². The highest BCUT2D eigenvalue weighted by atomic mass is 32.1. The van der Waals surface area contributed by atoms with E-state index >= 15 is 0 Å². The van der Waals surface area contributed by atoms with Crippen molar-refractivity contribution in [1.82, 2.24) is 4.98 Å². The number of para-hydroxylation sites is 1. The molecule has 0 radical (unpaired) electrons. The number of anilines is 1. The van der Waals surface area contributed by atoms with Crippen molar-refractivity contribution in [2.24, 2.45) is 0 Å². The number of amides is 1. The molecule has 26 heavy (non-hydrogen) atoms. The van der Waals surface area contributed by atoms with Crippen LogP contribution in [0.2, 0.25) is 0 Å². The number of aryl methyl sites for hydroxylation is 1. The topological polar surface area (TPSA) is 55.1 Å². The number of carbonyl (C=O) groups is 1. The molecule has 0 unspecified atom stereocenters. The second-order valence-electron chi connectivity index (χ2n) is 6.08. The summed E-state index contributed by atoms with van der Waals surface area (Å²) in [7, 11) is 0. The van der Waals surface area contributed by atoms with Crippen LogP contribution in [-0.2, 0) is 12.8 Å². The zero-order chi connectivity index (χ0) is 17.9. The smallest absolute Gasteiger partial charge is 0.293 e. The Labute approximate surface area is 155 Å². The van der Waals surface area contributed by atoms with Gasteiger partial charge in [0, 0.05) is 22.9 Å². The third-order valence-corrected chi connectivity index (χ3v) is 5.15. The van der Waals surface area contributed by atoms with Gasteiger partial charge in [0.1, 0.15) is 5.58 Å². The number of aromatic nitrogens is 1. The van der Waals surface area contributed by atoms with Crippen LogP contribution in [0.4, 0.5) is 5.13 Å². The van der Waals surface area contributed by atoms with Gasteiger partial charge in [-0.05, 0) is 29.7 Å². The number of thiazole rings is 1. The van der Waals surface area contributed by atoms with Crippen LogP contribution in [0.3, 0.4) is 0 Å². The fraction of sp³-hybridized carbons (Fsp3) is 0.143. The maximum absolute atomic E-state index is 12.4. The summed E-state index contributed by atoms with van der Waals surface area (Å²) >= 11 is 1.48. The van der Waals surface area contributed by atoms with Gasteiger partial charge in [0.15, 0.2) is 10.9 Å². The van der Waals surface area contributed by atoms with Crippen molar-refractivity contribution in [2.75, 3.05) is 5.32 Å². The Bertz CT molecular complexity index is 1010. The molecule has 4 rings (SSSR count). The van der Waals surface area contributed by atoms with Crippen LogP contribution in [0.1, 0.15) is 33.5 Å². The molecule has 0 saturated carbocycles. The lowest BCUT2D eigenvalue weighted by molar-refractivity contribution is 0.0998. The Morgan fingerprint density at radius 2 is 1.88 bits per heavy atom. The van der Waals surface area contributed by atoms with Gasteiger partial charge in [-0.2, -0.15) is 0 Å². The van der Waals surface area contributed by atoms with Gasteiger partial charge in [0.05, 0.1) is 0 Å². The van der Waals surface area contributed by atoms with Crippen LogP contribution in [0.5, 0.6) is 0 Å². The molecular formula is C21H18N2O2S. The normalized spacial score (nSPS) is 11.0. The Morgan fingerprint density at radius 1 is 1.12 bits per heavy atom. The quantitative estimate of drug-likeness (QED) is 0.524. The van der Waals surface area contributed by atoms with Crippen molar-refractivity contribution < 1.29 is 9.21 Å². The first-order valence-electron chi connectivity index (χ1n) is 8.53. The molecule has 0 aliphatic carbocycles. The first-order valence-corrected chi connectivity index (χ1v) is 9.35. The van der Waals surface area contributed by atoms with Crippen molar-refractivity contribution in [3.05, 3.63) is 82.6 Å². The minimum Gasteiger partial charge on any atom is -0.451 e. The van der Waals surface area contributed by atoms with Gasteiger partial charge in [-0.1, -0.05) is 49.4 Å². The van der Waals surface area contributed by atoms with Gasteiger partial charge in [-0.25, -0.2) is 4.98 Å². The number of hydrogen-bond acceptors (Lipinski definition) is 4. The number of nitrogens with zero attached hydrogens (tertiary/aromatic N) is 1. The highest BCUT2D eigenvalue weighted by molar-refractivity contribution is 7.15. The SMILES string of the molecule is CCc1ccc(Cc2cnc(NC(=O)c3cc4ccccc4o3)s2)cc1. The molecule has 0 fully saturated rings. The average Bonchev–Trinajstić information content (AvgIpc) is 3.29. The second-order valence-corrected chi connectivity index (χ2v) is 7.20. The molecule has 5 heteroatoms. The summed E-state index contributed by atoms with van der Waals surface area (Å²) in [5.74, 6) is 0.00695. The summed E-state index contributed by atoms with van der Waals surface area (Å²) in [6.45, 7) is 2.15. The molecular weight excluding hydrogens is 344 g/mol. The molecule has 0 aliphatic heterocycles. The van der Waals surface area contributed by atoms with E-state index in [1.165, 1.54) is 22.5 Å². The Morgan fingerprint density at radius 3 is 2.65 bits per heavy atom. The molecule has 2 aromatic heterocycles. The minimum atomic E-state index is -0.283. The zero-order valence-electron chi connectivity index (χ0n) is 14.4. The fourth-order valence-corrected chi connectivity index (χ4v) is 3.64. The first kappa shape index (κ1) is 16.5. The molecule has 0 atom stereocenters. The van der Waals surface area contributed by atoms with Gasteiger partial charge in [-0.15, -0.1) is 11.3 Å². The number of fused-ring (bicyclic) bond motifs is 1. The molecule has 1 amide bonds. The van der Waals surface area contributed by atoms with E-state index in [1.807, 2.05) is 30.5 Å². The molecule has 1 N–H and O–H groups in total. The van der Waals surface area contributed by atoms with Gasteiger partial charge < -0.3 is 4.42 Å². The van der Waals surface area contributed by atoms with Gasteiger partial charge >= 0.3 is 0 Å². The second kappa shape index (κ2) is 7.14. The number of hydrogen-bond donors (Lipinski definition) is 1. The summed E-state index contributed by atoms with van der Waals surface area (Å²) in [6, 6.07) is 17.9. The Kier molecular flexibility index (Phi) is 4.54. The highest BCUT2D eigenvalue weighted by Gasteiger charge is 2.14. The summed E-state index contributed by atoms with van der Waals surface area (Å²) in [6.07, 6.45) is 3.66. The zero-order valence-corrected chi connectivity index (χ0v) is 15.2. The Balaban J connectivity index is 1.44. The van der Waals surface area contributed by atoms with E-state index in [0.717, 1.165) is 23.1 Å². The van der Waals surface area contributed by atoms with Crippen molar-refractivity contribution >= 4 is 33.3 Å². The summed E-state index contributed by atoms with van der Waals surface area (Å²) in [5, 5.41) is 4.31. The number of rotatable bonds is 5. The monoisotopic (exact) mass is 362 g/mol. The highest BCUT2D eigenvalue weighted by Crippen LogP contribution is 2.24. The molecule has 2 heterocycles. The van der Waals surface area contributed by atoms with Crippen LogP contribution in [0, 0.1) is 0 Å². The minimum absolute atomic E-state index is 0.283. The number of benzene rings is 2. The van der Waals surface area contributed by atoms with E-state index < -0.39 is 0 Å². The molecule has 0 bridgehead atoms. The van der Waals surface area contributed by atoms with Crippen molar-refractivity contribution in [1.29, 1.82) is 0 Å². The maximum Gasteiger partial charge on any atom is 0.293 e. The predicted octanol–water partition coefficient (Wildman–Crippen LogP) is 5.29. The number of carbonyl (C=O) groups excluding carboxylic acids is 1. The predicted molar refractivity (Wildman–Crippen MR) is 105 cm³/mol. The molecule has 0 aliphatic rings. The van der Waals surface area contributed by atoms with Crippen LogP contribution >= 0.6 is 11.3 Å². The third-order valence-electron chi connectivity index (χ3n) is 4.23. The lowest BCUT2D eigenvalue weighted by Crippen LogP contribution is -2.10. The molecule has 4 nitrogen and oxygen atoms in total. The van der Waals surface area contributed by atoms with Crippen LogP contribution in [-0.4, -0.2) is 10.9 Å². The summed E-state index contributed by atoms with van der Waals surface area (Å²) in [5.41, 5.74) is 3.27. The molecule has 4 aromatic rings. The largest absolute Gasteiger partial charge is 0.451 e. The van der Waals surface area contributed by atoms with Gasteiger partial charge in [0.25, 0.3) is 5.91 Å². The standard InChI is InChI=1S/C21H18N2O2S/c1-2-14-7-9-15(10-8-14)11-17-13-22-21(26-17)23-20(24)19-12-16-5-3-4-6-18(16)25-19/h3-10,12-13H,2,11H2,1H3,(H,22,23,24). The van der Waals surface area contributed by atoms with Crippen LogP contribution < -0.4 is 5.32 Å². The average molecular weight is 362 g/mol. The number of furan rings is 1. The summed E-state index contributed by atoms with van der Waals surface area (Å²) < 4.78 is 5.59. The first-order chi connectivity index (χ1) is 12.7. The van der Waals surface area contributed by atoms with Crippen LogP contribution in [0.25, 0.3) is 11.0 Å². The van der Waals surface area contributed by atoms with E-state index in [4.69, 9.17) is 4.42 Å². The number of nitrogens with one attached hydrogen (secondary N) is 1. The van der Waals surface area contributed by atoms with E-state index in [1.54, 1.807) is 6.07 Å². The van der Waals surface area contributed by atoms with E-state index in [0.29, 0.717) is 10.7 Å². The van der Waals surface area contributed by atoms with E-state index in [-0.39, 0.29) is 11.7 Å². The maximum atomic E-state index is 12.4. The Hall–Kier alpha value is -2.92. The summed E-state index contributed by atoms with van der Waals surface area (Å²) in [4.78, 5) is 17.8. The van der Waals surface area contributed by atoms with Crippen molar-refractivity contribution in [2.45, 2.75) is 19.8 Å². The van der Waals surface area contributed by atoms with E-state index in [2.05, 4.69) is 41.5 Å². The van der Waals surface area contributed by atoms with Gasteiger partial charge in [0.2, 0.25) is 0 Å². The van der Waals surface area contributed by atoms with Gasteiger partial charge in [-0.3, -0.25) is 10.1 Å². The molecule has 0 spiro atoms.